The van der Waals surface area contributed by atoms with Gasteiger partial charge < -0.3 is 15.5 Å². The molecule has 0 aliphatic carbocycles. The third-order valence-electron chi connectivity index (χ3n) is 4.02. The van der Waals surface area contributed by atoms with E-state index < -0.39 is 0 Å². The first-order chi connectivity index (χ1) is 11.0. The molecular formula is C18H27N3O2. The summed E-state index contributed by atoms with van der Waals surface area (Å²) in [6.45, 7) is 5.82. The summed E-state index contributed by atoms with van der Waals surface area (Å²) in [6, 6.07) is 10.5. The summed E-state index contributed by atoms with van der Waals surface area (Å²) in [6.07, 6.45) is 2.38. The molecule has 0 unspecified atom stereocenters. The smallest absolute Gasteiger partial charge is 0.317 e. The molecule has 0 saturated carbocycles. The second-order valence-electron chi connectivity index (χ2n) is 6.49. The normalized spacial score (nSPS) is 17.3. The molecule has 3 amide bonds. The first-order valence-electron chi connectivity index (χ1n) is 8.40. The molecule has 2 rings (SSSR count). The molecule has 1 aliphatic rings. The lowest BCUT2D eigenvalue weighted by Crippen LogP contribution is -2.40. The first-order valence-corrected chi connectivity index (χ1v) is 8.40. The number of likely N-dealkylation sites (tertiary alicyclic amines) is 1. The monoisotopic (exact) mass is 317 g/mol. The van der Waals surface area contributed by atoms with Crippen molar-refractivity contribution in [3.63, 3.8) is 0 Å². The second-order valence-corrected chi connectivity index (χ2v) is 6.49. The summed E-state index contributed by atoms with van der Waals surface area (Å²) in [5, 5.41) is 5.66. The molecule has 2 N–H and O–H groups in total. The number of hydrogen-bond acceptors (Lipinski definition) is 2. The van der Waals surface area contributed by atoms with Gasteiger partial charge in [-0.15, -0.1) is 0 Å². The van der Waals surface area contributed by atoms with Gasteiger partial charge in [-0.05, 0) is 38.2 Å². The zero-order valence-corrected chi connectivity index (χ0v) is 14.0. The molecule has 1 aromatic rings. The summed E-state index contributed by atoms with van der Waals surface area (Å²) < 4.78 is 0. The molecule has 0 radical (unpaired) electrons. The molecule has 1 atom stereocenters. The maximum Gasteiger partial charge on any atom is 0.317 e. The van der Waals surface area contributed by atoms with Gasteiger partial charge in [0, 0.05) is 32.1 Å². The number of hydrogen-bond donors (Lipinski definition) is 2. The van der Waals surface area contributed by atoms with Crippen LogP contribution in [0.2, 0.25) is 0 Å². The molecule has 0 spiro atoms. The average molecular weight is 317 g/mol. The van der Waals surface area contributed by atoms with E-state index in [-0.39, 0.29) is 18.0 Å². The number of urea groups is 1. The number of amides is 3. The van der Waals surface area contributed by atoms with E-state index in [1.807, 2.05) is 24.8 Å². The van der Waals surface area contributed by atoms with Crippen molar-refractivity contribution in [3.05, 3.63) is 35.9 Å². The number of rotatable bonds is 6. The fourth-order valence-corrected chi connectivity index (χ4v) is 2.92. The molecule has 0 aromatic heterocycles. The lowest BCUT2D eigenvalue weighted by molar-refractivity contribution is -0.121. The number of nitrogens with zero attached hydrogens (tertiary/aromatic N) is 1. The van der Waals surface area contributed by atoms with Gasteiger partial charge in [0.25, 0.3) is 0 Å². The minimum Gasteiger partial charge on any atom is -0.354 e. The molecule has 23 heavy (non-hydrogen) atoms. The highest BCUT2D eigenvalue weighted by atomic mass is 16.2. The SMILES string of the molecule is CC(C)NC(=O)CCNC(=O)N1CC[C@@H](Cc2ccccc2)C1. The topological polar surface area (TPSA) is 61.4 Å². The molecule has 1 saturated heterocycles. The van der Waals surface area contributed by atoms with Crippen LogP contribution in [0.15, 0.2) is 30.3 Å². The van der Waals surface area contributed by atoms with Crippen molar-refractivity contribution in [3.8, 4) is 0 Å². The Morgan fingerprint density at radius 1 is 1.26 bits per heavy atom. The van der Waals surface area contributed by atoms with Crippen LogP contribution in [-0.4, -0.2) is 42.5 Å². The molecule has 1 fully saturated rings. The summed E-state index contributed by atoms with van der Waals surface area (Å²) >= 11 is 0. The van der Waals surface area contributed by atoms with Crippen LogP contribution in [0.5, 0.6) is 0 Å². The standard InChI is InChI=1S/C18H27N3O2/c1-14(2)20-17(22)8-10-19-18(23)21-11-9-16(13-21)12-15-6-4-3-5-7-15/h3-7,14,16H,8-13H2,1-2H3,(H,19,23)(H,20,22)/t16-/m0/s1. The van der Waals surface area contributed by atoms with Gasteiger partial charge in [-0.1, -0.05) is 30.3 Å². The Morgan fingerprint density at radius 3 is 2.70 bits per heavy atom. The number of carbonyl (C=O) groups excluding carboxylic acids is 2. The first kappa shape index (κ1) is 17.3. The molecule has 1 aromatic carbocycles. The van der Waals surface area contributed by atoms with E-state index in [2.05, 4.69) is 34.9 Å². The predicted molar refractivity (Wildman–Crippen MR) is 91.1 cm³/mol. The minimum absolute atomic E-state index is 0.0244. The lowest BCUT2D eigenvalue weighted by atomic mass is 9.99. The van der Waals surface area contributed by atoms with E-state index in [1.54, 1.807) is 0 Å². The largest absolute Gasteiger partial charge is 0.354 e. The van der Waals surface area contributed by atoms with Crippen LogP contribution in [0.4, 0.5) is 4.79 Å². The third kappa shape index (κ3) is 5.93. The van der Waals surface area contributed by atoms with Crippen LogP contribution >= 0.6 is 0 Å². The molecule has 1 heterocycles. The summed E-state index contributed by atoms with van der Waals surface area (Å²) in [7, 11) is 0. The number of nitrogens with one attached hydrogen (secondary N) is 2. The number of benzene rings is 1. The van der Waals surface area contributed by atoms with Crippen molar-refractivity contribution in [2.45, 2.75) is 39.2 Å². The molecule has 126 valence electrons. The zero-order valence-electron chi connectivity index (χ0n) is 14.0. The van der Waals surface area contributed by atoms with Gasteiger partial charge in [0.15, 0.2) is 0 Å². The van der Waals surface area contributed by atoms with Crippen molar-refractivity contribution < 1.29 is 9.59 Å². The van der Waals surface area contributed by atoms with Gasteiger partial charge >= 0.3 is 6.03 Å². The van der Waals surface area contributed by atoms with Gasteiger partial charge in [0.05, 0.1) is 0 Å². The van der Waals surface area contributed by atoms with Crippen LogP contribution in [0.1, 0.15) is 32.3 Å². The van der Waals surface area contributed by atoms with E-state index in [1.165, 1.54) is 5.56 Å². The summed E-state index contributed by atoms with van der Waals surface area (Å²) in [5.41, 5.74) is 1.32. The zero-order chi connectivity index (χ0) is 16.7. The van der Waals surface area contributed by atoms with Gasteiger partial charge in [0.2, 0.25) is 5.91 Å². The van der Waals surface area contributed by atoms with E-state index in [0.717, 1.165) is 25.9 Å². The van der Waals surface area contributed by atoms with Crippen molar-refractivity contribution in [1.29, 1.82) is 0 Å². The Bertz CT molecular complexity index is 516. The van der Waals surface area contributed by atoms with Crippen molar-refractivity contribution >= 4 is 11.9 Å². The molecular weight excluding hydrogens is 290 g/mol. The molecule has 0 bridgehead atoms. The predicted octanol–water partition coefficient (Wildman–Crippen LogP) is 2.18. The highest BCUT2D eigenvalue weighted by molar-refractivity contribution is 5.78. The third-order valence-corrected chi connectivity index (χ3v) is 4.02. The van der Waals surface area contributed by atoms with Crippen molar-refractivity contribution in [1.82, 2.24) is 15.5 Å². The van der Waals surface area contributed by atoms with Gasteiger partial charge in [-0.2, -0.15) is 0 Å². The Labute approximate surface area is 138 Å². The maximum absolute atomic E-state index is 12.1. The van der Waals surface area contributed by atoms with Crippen LogP contribution in [0.3, 0.4) is 0 Å². The Kier molecular flexibility index (Phi) is 6.44. The molecule has 5 heteroatoms. The highest BCUT2D eigenvalue weighted by Crippen LogP contribution is 2.20. The Hall–Kier alpha value is -2.04. The van der Waals surface area contributed by atoms with Crippen LogP contribution in [-0.2, 0) is 11.2 Å². The van der Waals surface area contributed by atoms with Crippen LogP contribution < -0.4 is 10.6 Å². The Balaban J connectivity index is 1.67. The van der Waals surface area contributed by atoms with E-state index in [9.17, 15) is 9.59 Å². The van der Waals surface area contributed by atoms with E-state index >= 15 is 0 Å². The van der Waals surface area contributed by atoms with Gasteiger partial charge in [-0.3, -0.25) is 4.79 Å². The quantitative estimate of drug-likeness (QED) is 0.845. The lowest BCUT2D eigenvalue weighted by Gasteiger charge is -2.17. The van der Waals surface area contributed by atoms with Gasteiger partial charge in [0.1, 0.15) is 0 Å². The fourth-order valence-electron chi connectivity index (χ4n) is 2.92. The second kappa shape index (κ2) is 8.56. The Morgan fingerprint density at radius 2 is 2.00 bits per heavy atom. The summed E-state index contributed by atoms with van der Waals surface area (Å²) in [5.74, 6) is 0.496. The van der Waals surface area contributed by atoms with Gasteiger partial charge in [-0.25, -0.2) is 4.79 Å². The highest BCUT2D eigenvalue weighted by Gasteiger charge is 2.26. The summed E-state index contributed by atoms with van der Waals surface area (Å²) in [4.78, 5) is 25.5. The molecule has 5 nitrogen and oxygen atoms in total. The fraction of sp³-hybridized carbons (Fsp3) is 0.556. The van der Waals surface area contributed by atoms with E-state index in [0.29, 0.717) is 18.9 Å². The minimum atomic E-state index is -0.0575. The number of carbonyl (C=O) groups is 2. The maximum atomic E-state index is 12.1. The van der Waals surface area contributed by atoms with Crippen molar-refractivity contribution in [2.24, 2.45) is 5.92 Å². The average Bonchev–Trinajstić information content (AvgIpc) is 2.96. The molecule has 1 aliphatic heterocycles. The van der Waals surface area contributed by atoms with Crippen LogP contribution in [0.25, 0.3) is 0 Å². The van der Waals surface area contributed by atoms with Crippen molar-refractivity contribution in [2.75, 3.05) is 19.6 Å². The van der Waals surface area contributed by atoms with Crippen LogP contribution in [0, 0.1) is 5.92 Å². The van der Waals surface area contributed by atoms with E-state index in [4.69, 9.17) is 0 Å².